The average Bonchev–Trinajstić information content (AvgIpc) is 2.83. The van der Waals surface area contributed by atoms with Crippen LogP contribution in [0.5, 0.6) is 11.5 Å². The molecule has 0 spiro atoms. The minimum Gasteiger partial charge on any atom is -0.496 e. The van der Waals surface area contributed by atoms with E-state index < -0.39 is 0 Å². The molecule has 2 aromatic rings. The van der Waals surface area contributed by atoms with Crippen LogP contribution < -0.4 is 9.47 Å². The third-order valence-electron chi connectivity index (χ3n) is 2.70. The number of methoxy groups -OCH3 is 2. The summed E-state index contributed by atoms with van der Waals surface area (Å²) in [5, 5.41) is 0. The first-order valence-corrected chi connectivity index (χ1v) is 5.41. The van der Waals surface area contributed by atoms with E-state index in [0.29, 0.717) is 22.8 Å². The first kappa shape index (κ1) is 12.2. The molecule has 0 saturated heterocycles. The third-order valence-corrected chi connectivity index (χ3v) is 2.70. The largest absolute Gasteiger partial charge is 0.496 e. The fourth-order valence-corrected chi connectivity index (χ4v) is 1.78. The predicted molar refractivity (Wildman–Crippen MR) is 66.2 cm³/mol. The van der Waals surface area contributed by atoms with Crippen molar-refractivity contribution >= 4 is 5.78 Å². The maximum absolute atomic E-state index is 12.5. The second-order valence-electron chi connectivity index (χ2n) is 3.76. The van der Waals surface area contributed by atoms with Gasteiger partial charge >= 0.3 is 0 Å². The molecule has 94 valence electrons. The van der Waals surface area contributed by atoms with Gasteiger partial charge in [0.25, 0.3) is 0 Å². The van der Waals surface area contributed by atoms with Crippen LogP contribution in [-0.4, -0.2) is 29.6 Å². The van der Waals surface area contributed by atoms with Crippen LogP contribution in [0.2, 0.25) is 0 Å². The van der Waals surface area contributed by atoms with Crippen LogP contribution in [0.4, 0.5) is 0 Å². The van der Waals surface area contributed by atoms with Gasteiger partial charge in [-0.3, -0.25) is 4.79 Å². The average molecular weight is 246 g/mol. The lowest BCUT2D eigenvalue weighted by atomic mass is 10.1. The topological polar surface area (TPSA) is 53.4 Å². The first-order chi connectivity index (χ1) is 8.69. The molecule has 0 aliphatic rings. The van der Waals surface area contributed by atoms with Crippen molar-refractivity contribution in [2.45, 2.75) is 0 Å². The number of ketones is 1. The Balaban J connectivity index is 2.56. The molecule has 5 heteroatoms. The Bertz CT molecular complexity index is 553. The van der Waals surface area contributed by atoms with Crippen molar-refractivity contribution in [1.29, 1.82) is 0 Å². The lowest BCUT2D eigenvalue weighted by Gasteiger charge is -2.11. The van der Waals surface area contributed by atoms with E-state index in [0.717, 1.165) is 0 Å². The Morgan fingerprint density at radius 2 is 1.83 bits per heavy atom. The zero-order chi connectivity index (χ0) is 13.1. The number of ether oxygens (including phenoxy) is 2. The van der Waals surface area contributed by atoms with Crippen molar-refractivity contribution in [3.8, 4) is 11.5 Å². The first-order valence-electron chi connectivity index (χ1n) is 5.41. The van der Waals surface area contributed by atoms with Gasteiger partial charge in [0.05, 0.1) is 26.7 Å². The number of aromatic nitrogens is 2. The molecule has 0 bridgehead atoms. The lowest BCUT2D eigenvalue weighted by molar-refractivity contribution is 0.102. The number of hydrogen-bond acceptors (Lipinski definition) is 4. The highest BCUT2D eigenvalue weighted by atomic mass is 16.5. The molecular weight excluding hydrogens is 232 g/mol. The number of rotatable bonds is 4. The van der Waals surface area contributed by atoms with Crippen LogP contribution in [-0.2, 0) is 7.05 Å². The number of imidazole rings is 1. The maximum atomic E-state index is 12.5. The molecule has 1 aromatic carbocycles. The van der Waals surface area contributed by atoms with Gasteiger partial charge in [-0.25, -0.2) is 4.98 Å². The number of carbonyl (C=O) groups is 1. The highest BCUT2D eigenvalue weighted by molar-refractivity contribution is 6.11. The fourth-order valence-electron chi connectivity index (χ4n) is 1.78. The van der Waals surface area contributed by atoms with Gasteiger partial charge in [0.15, 0.2) is 0 Å². The molecule has 0 unspecified atom stereocenters. The second kappa shape index (κ2) is 4.91. The van der Waals surface area contributed by atoms with E-state index >= 15 is 0 Å². The molecule has 1 heterocycles. The zero-order valence-electron chi connectivity index (χ0n) is 10.5. The second-order valence-corrected chi connectivity index (χ2v) is 3.76. The van der Waals surface area contributed by atoms with Gasteiger partial charge in [-0.15, -0.1) is 0 Å². The Hall–Kier alpha value is -2.30. The number of hydrogen-bond donors (Lipinski definition) is 0. The molecule has 0 amide bonds. The molecule has 0 aliphatic heterocycles. The minimum atomic E-state index is -0.177. The number of aryl methyl sites for hydroxylation is 1. The van der Waals surface area contributed by atoms with Gasteiger partial charge < -0.3 is 14.0 Å². The Labute approximate surface area is 105 Å². The van der Waals surface area contributed by atoms with E-state index in [4.69, 9.17) is 9.47 Å². The number of nitrogens with zero attached hydrogens (tertiary/aromatic N) is 2. The highest BCUT2D eigenvalue weighted by Crippen LogP contribution is 2.30. The highest BCUT2D eigenvalue weighted by Gasteiger charge is 2.21. The summed E-state index contributed by atoms with van der Waals surface area (Å²) in [5.41, 5.74) is 0.893. The van der Waals surface area contributed by atoms with Gasteiger partial charge in [-0.1, -0.05) is 6.07 Å². The molecule has 18 heavy (non-hydrogen) atoms. The Morgan fingerprint density at radius 3 is 2.28 bits per heavy atom. The summed E-state index contributed by atoms with van der Waals surface area (Å²) in [6.45, 7) is 0. The Kier molecular flexibility index (Phi) is 3.32. The summed E-state index contributed by atoms with van der Waals surface area (Å²) in [7, 11) is 4.81. The summed E-state index contributed by atoms with van der Waals surface area (Å²) in [4.78, 5) is 16.4. The summed E-state index contributed by atoms with van der Waals surface area (Å²) in [5.74, 6) is 0.797. The van der Waals surface area contributed by atoms with Crippen LogP contribution in [0, 0.1) is 0 Å². The van der Waals surface area contributed by atoms with Crippen LogP contribution in [0.3, 0.4) is 0 Å². The Morgan fingerprint density at radius 1 is 1.22 bits per heavy atom. The summed E-state index contributed by atoms with van der Waals surface area (Å²) >= 11 is 0. The molecule has 0 atom stereocenters. The summed E-state index contributed by atoms with van der Waals surface area (Å²) in [6.07, 6.45) is 3.10. The summed E-state index contributed by atoms with van der Waals surface area (Å²) < 4.78 is 12.1. The monoisotopic (exact) mass is 246 g/mol. The van der Waals surface area contributed by atoms with Gasteiger partial charge in [0, 0.05) is 7.05 Å². The molecule has 0 fully saturated rings. The van der Waals surface area contributed by atoms with Gasteiger partial charge in [0.1, 0.15) is 22.8 Å². The van der Waals surface area contributed by atoms with Crippen molar-refractivity contribution in [2.75, 3.05) is 14.2 Å². The molecule has 2 rings (SSSR count). The normalized spacial score (nSPS) is 10.2. The van der Waals surface area contributed by atoms with E-state index in [1.165, 1.54) is 20.4 Å². The quantitative estimate of drug-likeness (QED) is 0.770. The van der Waals surface area contributed by atoms with E-state index in [1.807, 2.05) is 0 Å². The SMILES string of the molecule is COc1cccc(OC)c1C(=O)c1cncn1C. The minimum absolute atomic E-state index is 0.177. The van der Waals surface area contributed by atoms with E-state index in [2.05, 4.69) is 4.98 Å². The zero-order valence-corrected chi connectivity index (χ0v) is 10.5. The maximum Gasteiger partial charge on any atom is 0.218 e. The van der Waals surface area contributed by atoms with Gasteiger partial charge in [-0.2, -0.15) is 0 Å². The molecule has 0 aliphatic carbocycles. The van der Waals surface area contributed by atoms with Crippen molar-refractivity contribution in [2.24, 2.45) is 7.05 Å². The third kappa shape index (κ3) is 1.95. The van der Waals surface area contributed by atoms with Gasteiger partial charge in [-0.05, 0) is 12.1 Å². The van der Waals surface area contributed by atoms with Crippen molar-refractivity contribution in [3.63, 3.8) is 0 Å². The van der Waals surface area contributed by atoms with Crippen molar-refractivity contribution in [3.05, 3.63) is 42.0 Å². The van der Waals surface area contributed by atoms with Crippen molar-refractivity contribution in [1.82, 2.24) is 9.55 Å². The number of carbonyl (C=O) groups excluding carboxylic acids is 1. The molecule has 1 aromatic heterocycles. The van der Waals surface area contributed by atoms with Crippen LogP contribution in [0.1, 0.15) is 16.1 Å². The molecular formula is C13H14N2O3. The molecule has 0 saturated carbocycles. The fraction of sp³-hybridized carbons (Fsp3) is 0.231. The predicted octanol–water partition coefficient (Wildman–Crippen LogP) is 1.67. The molecule has 0 N–H and O–H groups in total. The smallest absolute Gasteiger partial charge is 0.218 e. The van der Waals surface area contributed by atoms with E-state index in [9.17, 15) is 4.79 Å². The molecule has 5 nitrogen and oxygen atoms in total. The van der Waals surface area contributed by atoms with Crippen LogP contribution >= 0.6 is 0 Å². The summed E-state index contributed by atoms with van der Waals surface area (Å²) in [6, 6.07) is 5.23. The lowest BCUT2D eigenvalue weighted by Crippen LogP contribution is -2.10. The van der Waals surface area contributed by atoms with Gasteiger partial charge in [0.2, 0.25) is 5.78 Å². The molecule has 0 radical (unpaired) electrons. The van der Waals surface area contributed by atoms with E-state index in [1.54, 1.807) is 36.1 Å². The standard InChI is InChI=1S/C13H14N2O3/c1-15-8-14-7-9(15)13(16)12-10(17-2)5-4-6-11(12)18-3/h4-8H,1-3H3. The number of benzene rings is 1. The van der Waals surface area contributed by atoms with Crippen LogP contribution in [0.25, 0.3) is 0 Å². The van der Waals surface area contributed by atoms with Crippen LogP contribution in [0.15, 0.2) is 30.7 Å². The van der Waals surface area contributed by atoms with E-state index in [-0.39, 0.29) is 5.78 Å². The van der Waals surface area contributed by atoms with Crippen molar-refractivity contribution < 1.29 is 14.3 Å².